The molecule has 0 heterocycles. The zero-order valence-corrected chi connectivity index (χ0v) is 13.2. The van der Waals surface area contributed by atoms with Gasteiger partial charge in [0, 0.05) is 12.1 Å². The molecule has 0 saturated heterocycles. The van der Waals surface area contributed by atoms with Crippen molar-refractivity contribution in [3.63, 3.8) is 0 Å². The van der Waals surface area contributed by atoms with Gasteiger partial charge in [-0.05, 0) is 39.8 Å². The largest absolute Gasteiger partial charge is 0.481 e. The molecule has 0 spiro atoms. The number of ketones is 1. The van der Waals surface area contributed by atoms with Crippen molar-refractivity contribution in [1.29, 1.82) is 0 Å². The van der Waals surface area contributed by atoms with Crippen LogP contribution in [-0.2, 0) is 9.59 Å². The molecule has 22 heavy (non-hydrogen) atoms. The Kier molecular flexibility index (Phi) is 5.68. The molecule has 0 fully saturated rings. The van der Waals surface area contributed by atoms with E-state index in [9.17, 15) is 14.4 Å². The number of hydrogen-bond acceptors (Lipinski definition) is 4. The van der Waals surface area contributed by atoms with E-state index in [0.29, 0.717) is 11.3 Å². The Hall–Kier alpha value is -2.37. The van der Waals surface area contributed by atoms with Gasteiger partial charge in [0.25, 0.3) is 5.91 Å². The second-order valence-electron chi connectivity index (χ2n) is 5.75. The van der Waals surface area contributed by atoms with Crippen molar-refractivity contribution < 1.29 is 24.2 Å². The number of benzene rings is 1. The third-order valence-corrected chi connectivity index (χ3v) is 3.21. The Morgan fingerprint density at radius 2 is 1.95 bits per heavy atom. The summed E-state index contributed by atoms with van der Waals surface area (Å²) in [7, 11) is 0. The molecule has 1 aromatic rings. The van der Waals surface area contributed by atoms with Crippen LogP contribution in [0.3, 0.4) is 0 Å². The minimum Gasteiger partial charge on any atom is -0.481 e. The summed E-state index contributed by atoms with van der Waals surface area (Å²) in [6, 6.07) is 6.55. The van der Waals surface area contributed by atoms with Crippen molar-refractivity contribution in [2.75, 3.05) is 6.54 Å². The molecule has 0 saturated carbocycles. The molecule has 0 aliphatic rings. The average molecular weight is 307 g/mol. The molecule has 1 amide bonds. The van der Waals surface area contributed by atoms with Gasteiger partial charge in [-0.2, -0.15) is 0 Å². The topological polar surface area (TPSA) is 92.7 Å². The van der Waals surface area contributed by atoms with Crippen LogP contribution in [0.5, 0.6) is 5.75 Å². The maximum atomic E-state index is 11.9. The molecular weight excluding hydrogens is 286 g/mol. The van der Waals surface area contributed by atoms with Crippen LogP contribution in [0.25, 0.3) is 0 Å². The summed E-state index contributed by atoms with van der Waals surface area (Å²) in [6.45, 7) is 6.06. The number of carbonyl (C=O) groups excluding carboxylic acids is 2. The first kappa shape index (κ1) is 17.7. The lowest BCUT2D eigenvalue weighted by atomic mass is 9.94. The highest BCUT2D eigenvalue weighted by atomic mass is 16.5. The molecule has 1 atom stereocenters. The summed E-state index contributed by atoms with van der Waals surface area (Å²) in [5, 5.41) is 11.5. The van der Waals surface area contributed by atoms with Gasteiger partial charge in [0.2, 0.25) is 0 Å². The zero-order chi connectivity index (χ0) is 16.9. The average Bonchev–Trinajstić information content (AvgIpc) is 2.44. The number of aliphatic carboxylic acids is 1. The molecule has 6 heteroatoms. The standard InChI is InChI=1S/C16H21NO5/c1-10(18)12-6-5-7-13(8-12)22-11(2)14(19)17-9-16(3,4)15(20)21/h5-8,11H,9H2,1-4H3,(H,17,19)(H,20,21). The lowest BCUT2D eigenvalue weighted by Crippen LogP contribution is -2.43. The van der Waals surface area contributed by atoms with E-state index in [1.165, 1.54) is 20.8 Å². The van der Waals surface area contributed by atoms with Gasteiger partial charge < -0.3 is 15.2 Å². The van der Waals surface area contributed by atoms with Gasteiger partial charge in [0.15, 0.2) is 11.9 Å². The monoisotopic (exact) mass is 307 g/mol. The first-order valence-electron chi connectivity index (χ1n) is 6.92. The van der Waals surface area contributed by atoms with Crippen LogP contribution in [0.4, 0.5) is 0 Å². The van der Waals surface area contributed by atoms with Gasteiger partial charge in [-0.1, -0.05) is 12.1 Å². The SMILES string of the molecule is CC(=O)c1cccc(OC(C)C(=O)NCC(C)(C)C(=O)O)c1. The van der Waals surface area contributed by atoms with Crippen molar-refractivity contribution in [1.82, 2.24) is 5.32 Å². The molecule has 1 unspecified atom stereocenters. The third kappa shape index (κ3) is 4.87. The van der Waals surface area contributed by atoms with E-state index in [4.69, 9.17) is 9.84 Å². The lowest BCUT2D eigenvalue weighted by molar-refractivity contribution is -0.147. The second-order valence-corrected chi connectivity index (χ2v) is 5.75. The summed E-state index contributed by atoms with van der Waals surface area (Å²) in [6.07, 6.45) is -0.799. The normalized spacial score (nSPS) is 12.4. The summed E-state index contributed by atoms with van der Waals surface area (Å²) < 4.78 is 5.48. The predicted molar refractivity (Wildman–Crippen MR) is 81.0 cm³/mol. The summed E-state index contributed by atoms with van der Waals surface area (Å²) in [5.74, 6) is -1.09. The Labute approximate surface area is 129 Å². The Bertz CT molecular complexity index is 580. The van der Waals surface area contributed by atoms with Gasteiger partial charge in [0.1, 0.15) is 5.75 Å². The fraction of sp³-hybridized carbons (Fsp3) is 0.438. The van der Waals surface area contributed by atoms with Crippen LogP contribution in [0.15, 0.2) is 24.3 Å². The first-order valence-corrected chi connectivity index (χ1v) is 6.92. The highest BCUT2D eigenvalue weighted by Gasteiger charge is 2.28. The van der Waals surface area contributed by atoms with E-state index in [1.807, 2.05) is 0 Å². The fourth-order valence-electron chi connectivity index (χ4n) is 1.57. The Morgan fingerprint density at radius 1 is 1.32 bits per heavy atom. The van der Waals surface area contributed by atoms with E-state index in [1.54, 1.807) is 31.2 Å². The van der Waals surface area contributed by atoms with Crippen LogP contribution in [0, 0.1) is 5.41 Å². The quantitative estimate of drug-likeness (QED) is 0.750. The lowest BCUT2D eigenvalue weighted by Gasteiger charge is -2.21. The minimum atomic E-state index is -1.05. The molecular formula is C16H21NO5. The number of rotatable bonds is 7. The van der Waals surface area contributed by atoms with Crippen molar-refractivity contribution in [3.05, 3.63) is 29.8 Å². The molecule has 120 valence electrons. The first-order chi connectivity index (χ1) is 10.1. The molecule has 0 aliphatic carbocycles. The van der Waals surface area contributed by atoms with E-state index in [2.05, 4.69) is 5.32 Å². The van der Waals surface area contributed by atoms with E-state index in [0.717, 1.165) is 0 Å². The summed E-state index contributed by atoms with van der Waals surface area (Å²) in [4.78, 5) is 34.2. The molecule has 1 aromatic carbocycles. The zero-order valence-electron chi connectivity index (χ0n) is 13.2. The predicted octanol–water partition coefficient (Wildman–Crippen LogP) is 1.88. The molecule has 1 rings (SSSR count). The van der Waals surface area contributed by atoms with Crippen LogP contribution in [0.1, 0.15) is 38.1 Å². The fourth-order valence-corrected chi connectivity index (χ4v) is 1.57. The number of amides is 1. The van der Waals surface area contributed by atoms with E-state index in [-0.39, 0.29) is 12.3 Å². The van der Waals surface area contributed by atoms with Crippen LogP contribution >= 0.6 is 0 Å². The van der Waals surface area contributed by atoms with Crippen LogP contribution in [0.2, 0.25) is 0 Å². The minimum absolute atomic E-state index is 0.00233. The van der Waals surface area contributed by atoms with Crippen molar-refractivity contribution >= 4 is 17.7 Å². The Balaban J connectivity index is 2.63. The number of Topliss-reactive ketones (excluding diaryl/α,β-unsaturated/α-hetero) is 1. The molecule has 0 bridgehead atoms. The number of carboxylic acids is 1. The number of ether oxygens (including phenoxy) is 1. The van der Waals surface area contributed by atoms with Crippen LogP contribution < -0.4 is 10.1 Å². The smallest absolute Gasteiger partial charge is 0.310 e. The second kappa shape index (κ2) is 7.06. The van der Waals surface area contributed by atoms with Crippen LogP contribution in [-0.4, -0.2) is 35.4 Å². The summed E-state index contributed by atoms with van der Waals surface area (Å²) in [5.41, 5.74) is -0.554. The Morgan fingerprint density at radius 3 is 2.50 bits per heavy atom. The van der Waals surface area contributed by atoms with E-state index < -0.39 is 23.4 Å². The van der Waals surface area contributed by atoms with Gasteiger partial charge in [-0.25, -0.2) is 0 Å². The highest BCUT2D eigenvalue weighted by Crippen LogP contribution is 2.16. The number of nitrogens with one attached hydrogen (secondary N) is 1. The maximum Gasteiger partial charge on any atom is 0.310 e. The van der Waals surface area contributed by atoms with Crippen molar-refractivity contribution in [2.45, 2.75) is 33.8 Å². The summed E-state index contributed by atoms with van der Waals surface area (Å²) >= 11 is 0. The van der Waals surface area contributed by atoms with E-state index >= 15 is 0 Å². The van der Waals surface area contributed by atoms with Gasteiger partial charge in [-0.3, -0.25) is 14.4 Å². The molecule has 0 aromatic heterocycles. The van der Waals surface area contributed by atoms with Crippen molar-refractivity contribution in [3.8, 4) is 5.75 Å². The van der Waals surface area contributed by atoms with Gasteiger partial charge >= 0.3 is 5.97 Å². The molecule has 2 N–H and O–H groups in total. The highest BCUT2D eigenvalue weighted by molar-refractivity contribution is 5.94. The van der Waals surface area contributed by atoms with Crippen molar-refractivity contribution in [2.24, 2.45) is 5.41 Å². The van der Waals surface area contributed by atoms with Gasteiger partial charge in [0.05, 0.1) is 5.41 Å². The number of carbonyl (C=O) groups is 3. The molecule has 0 aliphatic heterocycles. The maximum absolute atomic E-state index is 11.9. The molecule has 6 nitrogen and oxygen atoms in total. The number of hydrogen-bond donors (Lipinski definition) is 2. The number of carboxylic acid groups (broad SMARTS) is 1. The third-order valence-electron chi connectivity index (χ3n) is 3.21. The molecule has 0 radical (unpaired) electrons. The van der Waals surface area contributed by atoms with Gasteiger partial charge in [-0.15, -0.1) is 0 Å².